The first-order chi connectivity index (χ1) is 8.63. The smallest absolute Gasteiger partial charge is 0.216 e. The van der Waals surface area contributed by atoms with Crippen LogP contribution < -0.4 is 0 Å². The lowest BCUT2D eigenvalue weighted by Gasteiger charge is -2.30. The van der Waals surface area contributed by atoms with Gasteiger partial charge < -0.3 is 14.6 Å². The lowest BCUT2D eigenvalue weighted by molar-refractivity contribution is -0.233. The van der Waals surface area contributed by atoms with Crippen molar-refractivity contribution in [2.45, 2.75) is 51.7 Å². The van der Waals surface area contributed by atoms with Crippen LogP contribution >= 0.6 is 0 Å². The molecule has 2 atom stereocenters. The van der Waals surface area contributed by atoms with E-state index in [1.165, 1.54) is 6.08 Å². The maximum atomic E-state index is 9.80. The van der Waals surface area contributed by atoms with E-state index in [0.717, 1.165) is 0 Å². The molecular weight excluding hydrogens is 244 g/mol. The molecule has 0 radical (unpaired) electrons. The minimum Gasteiger partial charge on any atom is -0.357 e. The fraction of sp³-hybridized carbons (Fsp3) is 0.786. The van der Waals surface area contributed by atoms with Gasteiger partial charge in [0.05, 0.1) is 12.2 Å². The minimum atomic E-state index is -0.945. The average molecular weight is 270 g/mol. The first-order valence-electron chi connectivity index (χ1n) is 6.38. The molecular formula is C14H26N2O3. The molecule has 19 heavy (non-hydrogen) atoms. The molecule has 0 aromatic carbocycles. The lowest BCUT2D eigenvalue weighted by atomic mass is 10.1. The average Bonchev–Trinajstić information content (AvgIpc) is 2.32. The van der Waals surface area contributed by atoms with Crippen molar-refractivity contribution in [3.05, 3.63) is 12.7 Å². The van der Waals surface area contributed by atoms with Crippen LogP contribution in [0.3, 0.4) is 0 Å². The molecule has 0 saturated carbocycles. The molecule has 0 aliphatic carbocycles. The summed E-state index contributed by atoms with van der Waals surface area (Å²) < 4.78 is 10.8. The molecule has 0 aromatic heterocycles. The summed E-state index contributed by atoms with van der Waals surface area (Å²) in [5.41, 5.74) is -1.34. The molecule has 0 aliphatic heterocycles. The Morgan fingerprint density at radius 3 is 2.42 bits per heavy atom. The van der Waals surface area contributed by atoms with Crippen LogP contribution in [0.25, 0.3) is 0 Å². The first-order valence-corrected chi connectivity index (χ1v) is 6.38. The van der Waals surface area contributed by atoms with Gasteiger partial charge in [0.2, 0.25) is 6.41 Å². The van der Waals surface area contributed by atoms with E-state index in [-0.39, 0.29) is 0 Å². The van der Waals surface area contributed by atoms with Crippen LogP contribution in [0.15, 0.2) is 12.7 Å². The molecule has 2 unspecified atom stereocenters. The number of hydrogen-bond acceptors (Lipinski definition) is 5. The molecule has 5 nitrogen and oxygen atoms in total. The molecule has 0 spiro atoms. The van der Waals surface area contributed by atoms with Crippen molar-refractivity contribution in [2.75, 3.05) is 20.2 Å². The highest BCUT2D eigenvalue weighted by Crippen LogP contribution is 2.13. The van der Waals surface area contributed by atoms with E-state index < -0.39 is 17.6 Å². The van der Waals surface area contributed by atoms with E-state index in [1.807, 2.05) is 26.8 Å². The zero-order chi connectivity index (χ0) is 15.1. The minimum absolute atomic E-state index is 0.396. The SMILES string of the molecule is C=CC(C)(C#N)OCCCN(C)C(O)OC(C)(C)C. The van der Waals surface area contributed by atoms with Crippen LogP contribution in [-0.2, 0) is 9.47 Å². The normalized spacial score (nSPS) is 16.7. The third-order valence-electron chi connectivity index (χ3n) is 2.50. The van der Waals surface area contributed by atoms with E-state index in [0.29, 0.717) is 19.6 Å². The highest BCUT2D eigenvalue weighted by atomic mass is 16.6. The number of nitriles is 1. The van der Waals surface area contributed by atoms with Crippen molar-refractivity contribution in [1.82, 2.24) is 4.90 Å². The molecule has 1 N–H and O–H groups in total. The van der Waals surface area contributed by atoms with Crippen LogP contribution in [0, 0.1) is 11.3 Å². The maximum Gasteiger partial charge on any atom is 0.216 e. The van der Waals surface area contributed by atoms with Gasteiger partial charge in [-0.25, -0.2) is 0 Å². The van der Waals surface area contributed by atoms with Crippen LogP contribution in [0.2, 0.25) is 0 Å². The van der Waals surface area contributed by atoms with Gasteiger partial charge in [0, 0.05) is 6.54 Å². The van der Waals surface area contributed by atoms with Crippen molar-refractivity contribution < 1.29 is 14.6 Å². The van der Waals surface area contributed by atoms with Crippen LogP contribution in [0.5, 0.6) is 0 Å². The van der Waals surface area contributed by atoms with Crippen molar-refractivity contribution in [3.63, 3.8) is 0 Å². The number of hydrogen-bond donors (Lipinski definition) is 1. The van der Waals surface area contributed by atoms with Gasteiger partial charge in [-0.1, -0.05) is 6.58 Å². The molecule has 0 heterocycles. The molecule has 5 heteroatoms. The number of aliphatic hydroxyl groups is 1. The van der Waals surface area contributed by atoms with Crippen LogP contribution in [-0.4, -0.2) is 47.8 Å². The highest BCUT2D eigenvalue weighted by molar-refractivity contribution is 5.10. The molecule has 110 valence electrons. The van der Waals surface area contributed by atoms with E-state index in [2.05, 4.69) is 6.58 Å². The molecule has 0 aromatic rings. The Hall–Kier alpha value is -0.930. The fourth-order valence-corrected chi connectivity index (χ4v) is 1.25. The van der Waals surface area contributed by atoms with Crippen molar-refractivity contribution in [3.8, 4) is 6.07 Å². The summed E-state index contributed by atoms with van der Waals surface area (Å²) in [7, 11) is 1.77. The summed E-state index contributed by atoms with van der Waals surface area (Å²) in [5.74, 6) is 0. The van der Waals surface area contributed by atoms with Crippen LogP contribution in [0.4, 0.5) is 0 Å². The third-order valence-corrected chi connectivity index (χ3v) is 2.50. The summed E-state index contributed by atoms with van der Waals surface area (Å²) in [6, 6.07) is 2.04. The van der Waals surface area contributed by atoms with Gasteiger partial charge in [-0.3, -0.25) is 4.90 Å². The summed E-state index contributed by atoms with van der Waals surface area (Å²) in [6.45, 7) is 11.9. The summed E-state index contributed by atoms with van der Waals surface area (Å²) in [4.78, 5) is 1.69. The van der Waals surface area contributed by atoms with E-state index >= 15 is 0 Å². The van der Waals surface area contributed by atoms with Crippen LogP contribution in [0.1, 0.15) is 34.1 Å². The maximum absolute atomic E-state index is 9.80. The first kappa shape index (κ1) is 18.1. The lowest BCUT2D eigenvalue weighted by Crippen LogP contribution is -2.40. The second-order valence-electron chi connectivity index (χ2n) is 5.66. The number of aliphatic hydroxyl groups excluding tert-OH is 1. The van der Waals surface area contributed by atoms with Gasteiger partial charge in [0.25, 0.3) is 0 Å². The zero-order valence-corrected chi connectivity index (χ0v) is 12.6. The number of nitrogens with zero attached hydrogens (tertiary/aromatic N) is 2. The Labute approximate surface area is 116 Å². The summed E-state index contributed by atoms with van der Waals surface area (Å²) >= 11 is 0. The standard InChI is InChI=1S/C14H26N2O3/c1-7-14(5,11-15)18-10-8-9-16(6)12(17)19-13(2,3)4/h7,12,17H,1,8-10H2,2-6H3. The van der Waals surface area contributed by atoms with Gasteiger partial charge in [-0.15, -0.1) is 0 Å². The summed E-state index contributed by atoms with van der Waals surface area (Å²) in [6.07, 6.45) is 1.22. The monoisotopic (exact) mass is 270 g/mol. The van der Waals surface area contributed by atoms with Gasteiger partial charge >= 0.3 is 0 Å². The van der Waals surface area contributed by atoms with Crippen molar-refractivity contribution in [2.24, 2.45) is 0 Å². The summed E-state index contributed by atoms with van der Waals surface area (Å²) in [5, 5.41) is 18.7. The quantitative estimate of drug-likeness (QED) is 0.414. The third kappa shape index (κ3) is 7.96. The Kier molecular flexibility index (Phi) is 7.24. The fourth-order valence-electron chi connectivity index (χ4n) is 1.25. The van der Waals surface area contributed by atoms with E-state index in [4.69, 9.17) is 14.7 Å². The van der Waals surface area contributed by atoms with Crippen molar-refractivity contribution >= 4 is 0 Å². The molecule has 0 amide bonds. The Morgan fingerprint density at radius 2 is 2.00 bits per heavy atom. The van der Waals surface area contributed by atoms with E-state index in [9.17, 15) is 5.11 Å². The molecule has 0 aliphatic rings. The van der Waals surface area contributed by atoms with Gasteiger partial charge in [-0.05, 0) is 47.2 Å². The Bertz CT molecular complexity index is 320. The van der Waals surface area contributed by atoms with Crippen molar-refractivity contribution in [1.29, 1.82) is 5.26 Å². The zero-order valence-electron chi connectivity index (χ0n) is 12.6. The highest BCUT2D eigenvalue weighted by Gasteiger charge is 2.21. The predicted octanol–water partition coefficient (Wildman–Crippen LogP) is 1.88. The molecule has 0 rings (SSSR count). The largest absolute Gasteiger partial charge is 0.357 e. The molecule has 0 fully saturated rings. The van der Waals surface area contributed by atoms with E-state index in [1.54, 1.807) is 18.9 Å². The Morgan fingerprint density at radius 1 is 1.42 bits per heavy atom. The predicted molar refractivity (Wildman–Crippen MR) is 74.3 cm³/mol. The topological polar surface area (TPSA) is 65.7 Å². The number of ether oxygens (including phenoxy) is 2. The second kappa shape index (κ2) is 7.61. The molecule has 0 bridgehead atoms. The number of rotatable bonds is 8. The van der Waals surface area contributed by atoms with Gasteiger partial charge in [-0.2, -0.15) is 5.26 Å². The second-order valence-corrected chi connectivity index (χ2v) is 5.66. The van der Waals surface area contributed by atoms with Gasteiger partial charge in [0.1, 0.15) is 6.07 Å². The van der Waals surface area contributed by atoms with Gasteiger partial charge in [0.15, 0.2) is 5.60 Å². The Balaban J connectivity index is 3.96. The molecule has 0 saturated heterocycles.